The van der Waals surface area contributed by atoms with Crippen LogP contribution < -0.4 is 11.2 Å². The van der Waals surface area contributed by atoms with Crippen molar-refractivity contribution in [1.82, 2.24) is 34.0 Å². The van der Waals surface area contributed by atoms with Crippen LogP contribution in [0.4, 0.5) is 0 Å². The number of hydrogen-bond acceptors (Lipinski definition) is 6. The van der Waals surface area contributed by atoms with Crippen molar-refractivity contribution in [3.8, 4) is 0 Å². The van der Waals surface area contributed by atoms with Gasteiger partial charge in [-0.05, 0) is 42.9 Å². The molecule has 188 valence electrons. The minimum Gasteiger partial charge on any atom is -0.339 e. The molecule has 1 amide bonds. The molecule has 5 heterocycles. The van der Waals surface area contributed by atoms with Gasteiger partial charge in [-0.25, -0.2) is 9.78 Å². The summed E-state index contributed by atoms with van der Waals surface area (Å²) in [6.07, 6.45) is 3.45. The zero-order valence-electron chi connectivity index (χ0n) is 21.1. The SMILES string of the molecule is CC(C)Cn1c(=O)[nH]c(=O)c2c(C(=O)N3CCC(c4nnc5ccccn45)CC3)cc(C(C)C)nc21. The van der Waals surface area contributed by atoms with E-state index in [0.29, 0.717) is 30.9 Å². The smallest absolute Gasteiger partial charge is 0.330 e. The van der Waals surface area contributed by atoms with Gasteiger partial charge in [0.15, 0.2) is 11.3 Å². The maximum absolute atomic E-state index is 13.8. The molecule has 4 aromatic heterocycles. The summed E-state index contributed by atoms with van der Waals surface area (Å²) in [5.41, 5.74) is 0.978. The van der Waals surface area contributed by atoms with Crippen LogP contribution in [0.5, 0.6) is 0 Å². The normalized spacial score (nSPS) is 15.0. The van der Waals surface area contributed by atoms with Gasteiger partial charge in [-0.3, -0.25) is 23.5 Å². The second kappa shape index (κ2) is 9.33. The summed E-state index contributed by atoms with van der Waals surface area (Å²) >= 11 is 0. The third kappa shape index (κ3) is 4.20. The summed E-state index contributed by atoms with van der Waals surface area (Å²) in [4.78, 5) is 48.3. The summed E-state index contributed by atoms with van der Waals surface area (Å²) in [5.74, 6) is 1.06. The molecule has 0 aromatic carbocycles. The van der Waals surface area contributed by atoms with Gasteiger partial charge in [0, 0.05) is 37.4 Å². The molecule has 0 aliphatic carbocycles. The van der Waals surface area contributed by atoms with Crippen LogP contribution in [0, 0.1) is 5.92 Å². The van der Waals surface area contributed by atoms with E-state index in [9.17, 15) is 14.4 Å². The van der Waals surface area contributed by atoms with E-state index in [2.05, 4.69) is 20.2 Å². The monoisotopic (exact) mass is 489 g/mol. The van der Waals surface area contributed by atoms with Crippen molar-refractivity contribution < 1.29 is 4.79 Å². The highest BCUT2D eigenvalue weighted by Crippen LogP contribution is 2.29. The number of aromatic amines is 1. The fraction of sp³-hybridized carbons (Fsp3) is 0.462. The highest BCUT2D eigenvalue weighted by molar-refractivity contribution is 6.05. The van der Waals surface area contributed by atoms with Crippen LogP contribution in [0.25, 0.3) is 16.7 Å². The number of piperidine rings is 1. The largest absolute Gasteiger partial charge is 0.339 e. The minimum atomic E-state index is -0.578. The van der Waals surface area contributed by atoms with Gasteiger partial charge in [0.1, 0.15) is 5.82 Å². The van der Waals surface area contributed by atoms with Gasteiger partial charge in [-0.2, -0.15) is 0 Å². The molecule has 1 N–H and O–H groups in total. The Bertz CT molecular complexity index is 1560. The van der Waals surface area contributed by atoms with Crippen molar-refractivity contribution in [2.75, 3.05) is 13.1 Å². The molecule has 0 spiro atoms. The number of aromatic nitrogens is 6. The van der Waals surface area contributed by atoms with E-state index in [0.717, 1.165) is 24.3 Å². The van der Waals surface area contributed by atoms with Gasteiger partial charge in [0.05, 0.1) is 10.9 Å². The Morgan fingerprint density at radius 1 is 1.11 bits per heavy atom. The molecule has 0 saturated carbocycles. The van der Waals surface area contributed by atoms with Gasteiger partial charge < -0.3 is 4.90 Å². The third-order valence-electron chi connectivity index (χ3n) is 6.83. The first kappa shape index (κ1) is 23.9. The van der Waals surface area contributed by atoms with Crippen LogP contribution in [0.15, 0.2) is 40.1 Å². The fourth-order valence-electron chi connectivity index (χ4n) is 4.94. The van der Waals surface area contributed by atoms with E-state index < -0.39 is 11.2 Å². The Morgan fingerprint density at radius 3 is 2.56 bits per heavy atom. The lowest BCUT2D eigenvalue weighted by Crippen LogP contribution is -2.39. The number of hydrogen-bond donors (Lipinski definition) is 1. The van der Waals surface area contributed by atoms with Gasteiger partial charge >= 0.3 is 5.69 Å². The van der Waals surface area contributed by atoms with E-state index in [1.807, 2.05) is 56.5 Å². The van der Waals surface area contributed by atoms with Crippen molar-refractivity contribution in [2.24, 2.45) is 5.92 Å². The Morgan fingerprint density at radius 2 is 1.86 bits per heavy atom. The first-order valence-electron chi connectivity index (χ1n) is 12.5. The predicted octanol–water partition coefficient (Wildman–Crippen LogP) is 2.93. The number of nitrogens with zero attached hydrogens (tertiary/aromatic N) is 6. The molecule has 36 heavy (non-hydrogen) atoms. The molecule has 0 unspecified atom stereocenters. The molecule has 0 bridgehead atoms. The van der Waals surface area contributed by atoms with E-state index in [1.165, 1.54) is 4.57 Å². The molecule has 1 saturated heterocycles. The van der Waals surface area contributed by atoms with Gasteiger partial charge in [-0.1, -0.05) is 33.8 Å². The standard InChI is InChI=1S/C26H31N7O3/c1-15(2)14-33-23-21(24(34)28-26(33)36)18(13-19(27-23)16(3)4)25(35)31-11-8-17(9-12-31)22-30-29-20-7-5-6-10-32(20)22/h5-7,10,13,15-17H,8-9,11-12,14H2,1-4H3,(H,28,34,36). The summed E-state index contributed by atoms with van der Waals surface area (Å²) in [6.45, 7) is 9.41. The Kier molecular flexibility index (Phi) is 6.19. The van der Waals surface area contributed by atoms with Crippen LogP contribution in [0.1, 0.15) is 74.2 Å². The summed E-state index contributed by atoms with van der Waals surface area (Å²) in [6, 6.07) is 7.52. The molecule has 10 nitrogen and oxygen atoms in total. The molecular weight excluding hydrogens is 458 g/mol. The average molecular weight is 490 g/mol. The van der Waals surface area contributed by atoms with Crippen LogP contribution in [-0.2, 0) is 6.54 Å². The Balaban J connectivity index is 1.50. The van der Waals surface area contributed by atoms with Crippen LogP contribution >= 0.6 is 0 Å². The first-order valence-corrected chi connectivity index (χ1v) is 12.5. The van der Waals surface area contributed by atoms with Crippen LogP contribution in [0.2, 0.25) is 0 Å². The molecule has 1 aliphatic rings. The summed E-state index contributed by atoms with van der Waals surface area (Å²) < 4.78 is 3.48. The molecular formula is C26H31N7O3. The highest BCUT2D eigenvalue weighted by atomic mass is 16.2. The number of amides is 1. The number of pyridine rings is 2. The number of nitrogens with one attached hydrogen (secondary N) is 1. The number of carbonyl (C=O) groups excluding carboxylic acids is 1. The summed E-state index contributed by atoms with van der Waals surface area (Å²) in [7, 11) is 0. The fourth-order valence-corrected chi connectivity index (χ4v) is 4.94. The number of carbonyl (C=O) groups is 1. The quantitative estimate of drug-likeness (QED) is 0.461. The van der Waals surface area contributed by atoms with Crippen molar-refractivity contribution in [2.45, 2.75) is 58.9 Å². The zero-order chi connectivity index (χ0) is 25.6. The van der Waals surface area contributed by atoms with Gasteiger partial charge in [0.25, 0.3) is 11.5 Å². The second-order valence-electron chi connectivity index (χ2n) is 10.3. The van der Waals surface area contributed by atoms with Crippen molar-refractivity contribution in [3.05, 3.63) is 68.4 Å². The lowest BCUT2D eigenvalue weighted by Gasteiger charge is -2.31. The van der Waals surface area contributed by atoms with Crippen molar-refractivity contribution >= 4 is 22.6 Å². The number of H-pyrrole nitrogens is 1. The maximum Gasteiger partial charge on any atom is 0.330 e. The summed E-state index contributed by atoms with van der Waals surface area (Å²) in [5, 5.41) is 8.83. The van der Waals surface area contributed by atoms with E-state index >= 15 is 0 Å². The van der Waals surface area contributed by atoms with E-state index in [-0.39, 0.29) is 34.7 Å². The number of rotatable bonds is 5. The predicted molar refractivity (Wildman–Crippen MR) is 136 cm³/mol. The van der Waals surface area contributed by atoms with Crippen molar-refractivity contribution in [1.29, 1.82) is 0 Å². The zero-order valence-corrected chi connectivity index (χ0v) is 21.1. The van der Waals surface area contributed by atoms with Crippen LogP contribution in [-0.4, -0.2) is 53.0 Å². The molecule has 1 aliphatic heterocycles. The van der Waals surface area contributed by atoms with E-state index in [1.54, 1.807) is 11.0 Å². The molecule has 0 radical (unpaired) electrons. The molecule has 5 rings (SSSR count). The minimum absolute atomic E-state index is 0.0230. The number of fused-ring (bicyclic) bond motifs is 2. The second-order valence-corrected chi connectivity index (χ2v) is 10.3. The molecule has 1 fully saturated rings. The Labute approximate surface area is 208 Å². The average Bonchev–Trinajstić information content (AvgIpc) is 3.29. The van der Waals surface area contributed by atoms with Gasteiger partial charge in [0.2, 0.25) is 0 Å². The van der Waals surface area contributed by atoms with Gasteiger partial charge in [-0.15, -0.1) is 10.2 Å². The molecule has 0 atom stereocenters. The van der Waals surface area contributed by atoms with E-state index in [4.69, 9.17) is 0 Å². The highest BCUT2D eigenvalue weighted by Gasteiger charge is 2.30. The molecule has 10 heteroatoms. The number of likely N-dealkylation sites (tertiary alicyclic amines) is 1. The maximum atomic E-state index is 13.8. The first-order chi connectivity index (χ1) is 17.2. The third-order valence-corrected chi connectivity index (χ3v) is 6.83. The molecule has 4 aromatic rings. The van der Waals surface area contributed by atoms with Crippen LogP contribution in [0.3, 0.4) is 0 Å². The topological polar surface area (TPSA) is 118 Å². The Hall–Kier alpha value is -3.82. The van der Waals surface area contributed by atoms with Crippen molar-refractivity contribution in [3.63, 3.8) is 0 Å². The lowest BCUT2D eigenvalue weighted by atomic mass is 9.95. The lowest BCUT2D eigenvalue weighted by molar-refractivity contribution is 0.0712.